The highest BCUT2D eigenvalue weighted by Crippen LogP contribution is 2.32. The molecule has 9 heteroatoms. The Kier molecular flexibility index (Phi) is 5.57. The third-order valence-corrected chi connectivity index (χ3v) is 6.56. The van der Waals surface area contributed by atoms with E-state index in [9.17, 15) is 9.59 Å². The number of carbonyl (C=O) groups excluding carboxylic acids is 1. The number of fused-ring (bicyclic) bond motifs is 3. The summed E-state index contributed by atoms with van der Waals surface area (Å²) in [5.41, 5.74) is 2.20. The van der Waals surface area contributed by atoms with Crippen molar-refractivity contribution in [2.45, 2.75) is 43.1 Å². The zero-order valence-electron chi connectivity index (χ0n) is 17.6. The number of aromatic nitrogens is 4. The Morgan fingerprint density at radius 3 is 2.81 bits per heavy atom. The maximum absolute atomic E-state index is 13.3. The van der Waals surface area contributed by atoms with Crippen molar-refractivity contribution in [3.05, 3.63) is 70.0 Å². The number of furan rings is 1. The highest BCUT2D eigenvalue weighted by molar-refractivity contribution is 7.98. The van der Waals surface area contributed by atoms with E-state index < -0.39 is 5.97 Å². The monoisotopic (exact) mass is 450 g/mol. The number of benzene rings is 1. The molecule has 0 N–H and O–H groups in total. The SMILES string of the molecule is COC(=O)c1ccc(CSc2nc3nn(-c4ccccc4)c(=O)c-3c3n2CCCCC3)o1. The highest BCUT2D eigenvalue weighted by atomic mass is 32.2. The molecule has 1 aromatic heterocycles. The first-order valence-corrected chi connectivity index (χ1v) is 11.5. The molecule has 32 heavy (non-hydrogen) atoms. The van der Waals surface area contributed by atoms with Crippen molar-refractivity contribution in [1.29, 1.82) is 0 Å². The molecule has 0 saturated carbocycles. The smallest absolute Gasteiger partial charge is 0.373 e. The first-order valence-electron chi connectivity index (χ1n) is 10.5. The van der Waals surface area contributed by atoms with Gasteiger partial charge in [-0.1, -0.05) is 36.4 Å². The quantitative estimate of drug-likeness (QED) is 0.258. The summed E-state index contributed by atoms with van der Waals surface area (Å²) in [4.78, 5) is 29.7. The van der Waals surface area contributed by atoms with Crippen LogP contribution < -0.4 is 5.56 Å². The van der Waals surface area contributed by atoms with E-state index in [4.69, 9.17) is 14.1 Å². The van der Waals surface area contributed by atoms with E-state index in [0.717, 1.165) is 48.8 Å². The predicted molar refractivity (Wildman–Crippen MR) is 119 cm³/mol. The Morgan fingerprint density at radius 1 is 1.16 bits per heavy atom. The molecule has 0 unspecified atom stereocenters. The summed E-state index contributed by atoms with van der Waals surface area (Å²) in [7, 11) is 1.32. The van der Waals surface area contributed by atoms with Crippen molar-refractivity contribution in [1.82, 2.24) is 19.3 Å². The minimum Gasteiger partial charge on any atom is -0.463 e. The third-order valence-electron chi connectivity index (χ3n) is 5.56. The highest BCUT2D eigenvalue weighted by Gasteiger charge is 2.27. The molecule has 0 radical (unpaired) electrons. The molecule has 0 saturated heterocycles. The minimum atomic E-state index is -0.501. The Balaban J connectivity index is 1.55. The van der Waals surface area contributed by atoms with Crippen LogP contribution in [-0.4, -0.2) is 32.4 Å². The maximum atomic E-state index is 13.3. The van der Waals surface area contributed by atoms with Crippen LogP contribution in [0.2, 0.25) is 0 Å². The van der Waals surface area contributed by atoms with Gasteiger partial charge in [-0.3, -0.25) is 4.79 Å². The van der Waals surface area contributed by atoms with E-state index in [1.165, 1.54) is 23.6 Å². The number of para-hydroxylation sites is 1. The molecule has 1 aromatic carbocycles. The topological polar surface area (TPSA) is 92.1 Å². The molecular formula is C23H22N4O4S. The van der Waals surface area contributed by atoms with Crippen molar-refractivity contribution in [3.8, 4) is 17.1 Å². The predicted octanol–water partition coefficient (Wildman–Crippen LogP) is 3.93. The van der Waals surface area contributed by atoms with E-state index in [-0.39, 0.29) is 11.3 Å². The van der Waals surface area contributed by atoms with E-state index in [1.54, 1.807) is 12.1 Å². The summed E-state index contributed by atoms with van der Waals surface area (Å²) < 4.78 is 13.9. The Hall–Kier alpha value is -3.33. The second kappa shape index (κ2) is 8.66. The Bertz CT molecular complexity index is 1290. The summed E-state index contributed by atoms with van der Waals surface area (Å²) in [6.07, 6.45) is 3.98. The third kappa shape index (κ3) is 3.73. The second-order valence-corrected chi connectivity index (χ2v) is 8.54. The van der Waals surface area contributed by atoms with Crippen molar-refractivity contribution in [3.63, 3.8) is 0 Å². The zero-order chi connectivity index (χ0) is 22.1. The summed E-state index contributed by atoms with van der Waals surface area (Å²) in [5.74, 6) is 1.29. The lowest BCUT2D eigenvalue weighted by Crippen LogP contribution is -2.19. The Morgan fingerprint density at radius 2 is 2.00 bits per heavy atom. The fourth-order valence-electron chi connectivity index (χ4n) is 4.01. The molecule has 0 aliphatic carbocycles. The van der Waals surface area contributed by atoms with Crippen LogP contribution in [-0.2, 0) is 23.5 Å². The molecule has 0 atom stereocenters. The molecule has 8 nitrogen and oxygen atoms in total. The first-order chi connectivity index (χ1) is 15.7. The number of carbonyl (C=O) groups is 1. The maximum Gasteiger partial charge on any atom is 0.373 e. The number of nitrogens with zero attached hydrogens (tertiary/aromatic N) is 4. The lowest BCUT2D eigenvalue weighted by molar-refractivity contribution is 0.0563. The van der Waals surface area contributed by atoms with Gasteiger partial charge in [0, 0.05) is 12.2 Å². The van der Waals surface area contributed by atoms with Gasteiger partial charge < -0.3 is 13.7 Å². The van der Waals surface area contributed by atoms with Crippen LogP contribution in [0.4, 0.5) is 0 Å². The number of rotatable bonds is 5. The molecule has 0 bridgehead atoms. The molecule has 0 spiro atoms. The van der Waals surface area contributed by atoms with Crippen LogP contribution >= 0.6 is 11.8 Å². The van der Waals surface area contributed by atoms with Gasteiger partial charge in [0.1, 0.15) is 11.3 Å². The summed E-state index contributed by atoms with van der Waals surface area (Å²) in [6, 6.07) is 12.8. The summed E-state index contributed by atoms with van der Waals surface area (Å²) in [6.45, 7) is 0.808. The van der Waals surface area contributed by atoms with E-state index in [1.807, 2.05) is 30.3 Å². The van der Waals surface area contributed by atoms with Gasteiger partial charge >= 0.3 is 5.97 Å². The van der Waals surface area contributed by atoms with Crippen molar-refractivity contribution in [2.24, 2.45) is 0 Å². The standard InChI is InChI=1S/C23H22N4O4S/c1-30-22(29)18-12-11-16(31-18)14-32-23-24-20-19(17-10-6-3-7-13-26(17)23)21(28)27(25-20)15-8-4-2-5-9-15/h2,4-5,8-9,11-12H,3,6-7,10,13-14H2,1H3. The molecule has 5 rings (SSSR count). The van der Waals surface area contributed by atoms with Gasteiger partial charge in [-0.25, -0.2) is 9.78 Å². The zero-order valence-corrected chi connectivity index (χ0v) is 18.4. The lowest BCUT2D eigenvalue weighted by atomic mass is 10.1. The fraction of sp³-hybridized carbons (Fsp3) is 0.304. The summed E-state index contributed by atoms with van der Waals surface area (Å²) >= 11 is 1.51. The molecule has 3 aliphatic heterocycles. The number of hydrogen-bond acceptors (Lipinski definition) is 7. The minimum absolute atomic E-state index is 0.130. The Labute approximate surface area is 188 Å². The largest absolute Gasteiger partial charge is 0.463 e. The number of hydrogen-bond donors (Lipinski definition) is 0. The molecular weight excluding hydrogens is 428 g/mol. The number of esters is 1. The van der Waals surface area contributed by atoms with Crippen LogP contribution in [0.3, 0.4) is 0 Å². The van der Waals surface area contributed by atoms with Crippen LogP contribution in [0.15, 0.2) is 56.8 Å². The van der Waals surface area contributed by atoms with Gasteiger partial charge in [0.05, 0.1) is 18.6 Å². The normalized spacial score (nSPS) is 13.7. The molecule has 0 fully saturated rings. The molecule has 3 aliphatic rings. The van der Waals surface area contributed by atoms with E-state index in [2.05, 4.69) is 9.67 Å². The van der Waals surface area contributed by atoms with Gasteiger partial charge in [-0.15, -0.1) is 5.10 Å². The molecule has 2 aromatic rings. The van der Waals surface area contributed by atoms with E-state index in [0.29, 0.717) is 22.9 Å². The van der Waals surface area contributed by atoms with E-state index >= 15 is 0 Å². The average Bonchev–Trinajstić information content (AvgIpc) is 3.34. The fourth-order valence-corrected chi connectivity index (χ4v) is 4.94. The lowest BCUT2D eigenvalue weighted by Gasteiger charge is -2.17. The molecule has 164 valence electrons. The first kappa shape index (κ1) is 20.6. The number of ether oxygens (including phenoxy) is 1. The van der Waals surface area contributed by atoms with Gasteiger partial charge in [-0.05, 0) is 43.5 Å². The van der Waals surface area contributed by atoms with Crippen LogP contribution in [0.25, 0.3) is 17.1 Å². The number of methoxy groups -OCH3 is 1. The molecule has 0 amide bonds. The average molecular weight is 451 g/mol. The van der Waals surface area contributed by atoms with Crippen LogP contribution in [0.1, 0.15) is 41.3 Å². The molecule has 4 heterocycles. The van der Waals surface area contributed by atoms with Crippen LogP contribution in [0.5, 0.6) is 0 Å². The van der Waals surface area contributed by atoms with Crippen molar-refractivity contribution < 1.29 is 13.9 Å². The van der Waals surface area contributed by atoms with Gasteiger partial charge in [0.15, 0.2) is 11.0 Å². The van der Waals surface area contributed by atoms with Gasteiger partial charge in [-0.2, -0.15) is 4.68 Å². The van der Waals surface area contributed by atoms with Crippen LogP contribution in [0, 0.1) is 0 Å². The van der Waals surface area contributed by atoms with Crippen molar-refractivity contribution >= 4 is 17.7 Å². The van der Waals surface area contributed by atoms with Crippen molar-refractivity contribution in [2.75, 3.05) is 7.11 Å². The van der Waals surface area contributed by atoms with Gasteiger partial charge in [0.2, 0.25) is 5.76 Å². The second-order valence-electron chi connectivity index (χ2n) is 7.60. The van der Waals surface area contributed by atoms with Gasteiger partial charge in [0.25, 0.3) is 5.56 Å². The number of thioether (sulfide) groups is 1. The summed E-state index contributed by atoms with van der Waals surface area (Å²) in [5, 5.41) is 5.35.